The monoisotopic (exact) mass is 324 g/mol. The highest BCUT2D eigenvalue weighted by Gasteiger charge is 2.30. The van der Waals surface area contributed by atoms with Gasteiger partial charge in [-0.15, -0.1) is 13.2 Å². The van der Waals surface area contributed by atoms with Crippen LogP contribution in [0.25, 0.3) is 10.2 Å². The molecule has 0 aliphatic rings. The zero-order valence-corrected chi connectivity index (χ0v) is 12.0. The normalized spacial score (nSPS) is 11.6. The van der Waals surface area contributed by atoms with Crippen molar-refractivity contribution in [2.75, 3.05) is 5.32 Å². The summed E-state index contributed by atoms with van der Waals surface area (Å²) in [6.07, 6.45) is -4.67. The average Bonchev–Trinajstić information content (AvgIpc) is 2.88. The number of rotatable bonds is 4. The maximum atomic E-state index is 12.1. The number of nitrogens with zero attached hydrogens (tertiary/aromatic N) is 1. The molecule has 0 fully saturated rings. The largest absolute Gasteiger partial charge is 0.573 e. The van der Waals surface area contributed by atoms with E-state index in [4.69, 9.17) is 0 Å². The van der Waals surface area contributed by atoms with Crippen LogP contribution in [-0.2, 0) is 6.54 Å². The Labute approximate surface area is 128 Å². The highest BCUT2D eigenvalue weighted by atomic mass is 32.1. The fourth-order valence-electron chi connectivity index (χ4n) is 1.93. The van der Waals surface area contributed by atoms with Crippen LogP contribution in [0.15, 0.2) is 48.5 Å². The van der Waals surface area contributed by atoms with Crippen LogP contribution < -0.4 is 10.1 Å². The van der Waals surface area contributed by atoms with Gasteiger partial charge >= 0.3 is 6.36 Å². The van der Waals surface area contributed by atoms with Gasteiger partial charge in [0.2, 0.25) is 0 Å². The lowest BCUT2D eigenvalue weighted by Gasteiger charge is -2.09. The fourth-order valence-corrected chi connectivity index (χ4v) is 2.80. The van der Waals surface area contributed by atoms with E-state index < -0.39 is 6.36 Å². The molecule has 0 aliphatic carbocycles. The highest BCUT2D eigenvalue weighted by molar-refractivity contribution is 7.22. The number of nitrogens with one attached hydrogen (secondary N) is 1. The Morgan fingerprint density at radius 1 is 1.05 bits per heavy atom. The maximum absolute atomic E-state index is 12.1. The Balaban J connectivity index is 1.63. The van der Waals surface area contributed by atoms with Crippen molar-refractivity contribution in [2.45, 2.75) is 12.9 Å². The number of anilines is 1. The smallest absolute Gasteiger partial charge is 0.406 e. The van der Waals surface area contributed by atoms with Crippen LogP contribution in [0.3, 0.4) is 0 Å². The molecule has 0 atom stereocenters. The van der Waals surface area contributed by atoms with Crippen molar-refractivity contribution in [3.63, 3.8) is 0 Å². The van der Waals surface area contributed by atoms with E-state index >= 15 is 0 Å². The molecule has 114 valence electrons. The third kappa shape index (κ3) is 3.67. The van der Waals surface area contributed by atoms with Gasteiger partial charge in [0.05, 0.1) is 10.2 Å². The molecule has 0 saturated heterocycles. The topological polar surface area (TPSA) is 34.1 Å². The van der Waals surface area contributed by atoms with Crippen molar-refractivity contribution >= 4 is 26.7 Å². The quantitative estimate of drug-likeness (QED) is 0.748. The summed E-state index contributed by atoms with van der Waals surface area (Å²) in [6, 6.07) is 13.5. The van der Waals surface area contributed by atoms with E-state index in [0.717, 1.165) is 20.9 Å². The van der Waals surface area contributed by atoms with Gasteiger partial charge in [0.15, 0.2) is 5.13 Å². The Morgan fingerprint density at radius 3 is 2.45 bits per heavy atom. The summed E-state index contributed by atoms with van der Waals surface area (Å²) >= 11 is 1.53. The number of para-hydroxylation sites is 1. The summed E-state index contributed by atoms with van der Waals surface area (Å²) in [4.78, 5) is 4.43. The van der Waals surface area contributed by atoms with Crippen LogP contribution in [0.5, 0.6) is 5.75 Å². The third-order valence-corrected chi connectivity index (χ3v) is 3.89. The SMILES string of the molecule is FC(F)(F)Oc1ccc(CNc2nc3ccccc3s2)cc1. The van der Waals surface area contributed by atoms with Crippen molar-refractivity contribution in [1.82, 2.24) is 4.98 Å². The Morgan fingerprint density at radius 2 is 1.77 bits per heavy atom. The Kier molecular flexibility index (Phi) is 3.89. The molecule has 0 bridgehead atoms. The molecule has 22 heavy (non-hydrogen) atoms. The molecular weight excluding hydrogens is 313 g/mol. The van der Waals surface area contributed by atoms with E-state index in [1.54, 1.807) is 12.1 Å². The van der Waals surface area contributed by atoms with E-state index in [1.807, 2.05) is 24.3 Å². The molecule has 1 heterocycles. The van der Waals surface area contributed by atoms with Gasteiger partial charge in [0, 0.05) is 6.54 Å². The predicted octanol–water partition coefficient (Wildman–Crippen LogP) is 4.81. The molecule has 7 heteroatoms. The lowest BCUT2D eigenvalue weighted by Crippen LogP contribution is -2.17. The van der Waals surface area contributed by atoms with Crippen molar-refractivity contribution < 1.29 is 17.9 Å². The van der Waals surface area contributed by atoms with Gasteiger partial charge in [-0.2, -0.15) is 0 Å². The molecule has 0 radical (unpaired) electrons. The standard InChI is InChI=1S/C15H11F3N2OS/c16-15(17,18)21-11-7-5-10(6-8-11)9-19-14-20-12-3-1-2-4-13(12)22-14/h1-8H,9H2,(H,19,20). The van der Waals surface area contributed by atoms with Gasteiger partial charge in [0.1, 0.15) is 5.75 Å². The number of hydrogen-bond acceptors (Lipinski definition) is 4. The van der Waals surface area contributed by atoms with E-state index in [1.165, 1.54) is 23.5 Å². The number of fused-ring (bicyclic) bond motifs is 1. The number of halogens is 3. The molecule has 0 spiro atoms. The summed E-state index contributed by atoms with van der Waals surface area (Å²) in [6.45, 7) is 0.478. The number of thiazole rings is 1. The zero-order valence-electron chi connectivity index (χ0n) is 11.2. The van der Waals surface area contributed by atoms with Gasteiger partial charge in [-0.3, -0.25) is 0 Å². The number of ether oxygens (including phenoxy) is 1. The third-order valence-electron chi connectivity index (χ3n) is 2.89. The lowest BCUT2D eigenvalue weighted by atomic mass is 10.2. The summed E-state index contributed by atoms with van der Waals surface area (Å²) in [5, 5.41) is 3.94. The van der Waals surface area contributed by atoms with Crippen molar-refractivity contribution in [3.8, 4) is 5.75 Å². The fraction of sp³-hybridized carbons (Fsp3) is 0.133. The van der Waals surface area contributed by atoms with E-state index in [0.29, 0.717) is 6.54 Å². The molecule has 0 saturated carbocycles. The van der Waals surface area contributed by atoms with Gasteiger partial charge in [-0.25, -0.2) is 4.98 Å². The van der Waals surface area contributed by atoms with Gasteiger partial charge in [0.25, 0.3) is 0 Å². The van der Waals surface area contributed by atoms with Gasteiger partial charge in [-0.1, -0.05) is 35.6 Å². The molecule has 1 N–H and O–H groups in total. The highest BCUT2D eigenvalue weighted by Crippen LogP contribution is 2.26. The first kappa shape index (κ1) is 14.6. The maximum Gasteiger partial charge on any atom is 0.573 e. The van der Waals surface area contributed by atoms with Crippen LogP contribution in [0, 0.1) is 0 Å². The van der Waals surface area contributed by atoms with Crippen LogP contribution in [0.2, 0.25) is 0 Å². The second kappa shape index (κ2) is 5.84. The average molecular weight is 324 g/mol. The zero-order chi connectivity index (χ0) is 15.6. The second-order valence-electron chi connectivity index (χ2n) is 4.53. The first-order valence-corrected chi connectivity index (χ1v) is 7.25. The minimum atomic E-state index is -4.67. The van der Waals surface area contributed by atoms with Crippen molar-refractivity contribution in [1.29, 1.82) is 0 Å². The van der Waals surface area contributed by atoms with E-state index in [2.05, 4.69) is 15.0 Å². The number of benzene rings is 2. The molecule has 3 nitrogen and oxygen atoms in total. The molecule has 3 rings (SSSR count). The number of aromatic nitrogens is 1. The second-order valence-corrected chi connectivity index (χ2v) is 5.56. The molecule has 0 aliphatic heterocycles. The molecule has 0 amide bonds. The van der Waals surface area contributed by atoms with Crippen molar-refractivity contribution in [3.05, 3.63) is 54.1 Å². The van der Waals surface area contributed by atoms with Crippen molar-refractivity contribution in [2.24, 2.45) is 0 Å². The Hall–Kier alpha value is -2.28. The minimum Gasteiger partial charge on any atom is -0.406 e. The van der Waals surface area contributed by atoms with Crippen LogP contribution >= 0.6 is 11.3 Å². The van der Waals surface area contributed by atoms with Gasteiger partial charge in [-0.05, 0) is 29.8 Å². The van der Waals surface area contributed by atoms with E-state index in [-0.39, 0.29) is 5.75 Å². The van der Waals surface area contributed by atoms with E-state index in [9.17, 15) is 13.2 Å². The summed E-state index contributed by atoms with van der Waals surface area (Å²) < 4.78 is 41.1. The molecular formula is C15H11F3N2OS. The first-order valence-electron chi connectivity index (χ1n) is 6.44. The number of hydrogen-bond donors (Lipinski definition) is 1. The van der Waals surface area contributed by atoms with Gasteiger partial charge < -0.3 is 10.1 Å². The lowest BCUT2D eigenvalue weighted by molar-refractivity contribution is -0.274. The molecule has 1 aromatic heterocycles. The Bertz CT molecular complexity index is 735. The summed E-state index contributed by atoms with van der Waals surface area (Å²) in [5.41, 5.74) is 1.76. The molecule has 0 unspecified atom stereocenters. The van der Waals surface area contributed by atoms with Crippen LogP contribution in [-0.4, -0.2) is 11.3 Å². The van der Waals surface area contributed by atoms with Crippen LogP contribution in [0.1, 0.15) is 5.56 Å². The first-order chi connectivity index (χ1) is 10.5. The number of alkyl halides is 3. The summed E-state index contributed by atoms with van der Waals surface area (Å²) in [7, 11) is 0. The summed E-state index contributed by atoms with van der Waals surface area (Å²) in [5.74, 6) is -0.226. The minimum absolute atomic E-state index is 0.226. The van der Waals surface area contributed by atoms with Crippen LogP contribution in [0.4, 0.5) is 18.3 Å². The molecule has 2 aromatic carbocycles. The molecule has 3 aromatic rings. The predicted molar refractivity (Wildman–Crippen MR) is 80.1 cm³/mol.